The second kappa shape index (κ2) is 6.70. The number of nitrogens with one attached hydrogen (secondary N) is 1. The monoisotopic (exact) mass is 281 g/mol. The normalized spacial score (nSPS) is 21.3. The summed E-state index contributed by atoms with van der Waals surface area (Å²) in [6, 6.07) is 2.55. The van der Waals surface area contributed by atoms with Gasteiger partial charge in [0.2, 0.25) is 0 Å². The van der Waals surface area contributed by atoms with Gasteiger partial charge in [-0.1, -0.05) is 12.1 Å². The SMILES string of the molecule is CCC1COCCN1Cc1cc(CNC(C)(C)C)no1. The minimum absolute atomic E-state index is 0.0939. The number of rotatable bonds is 5. The zero-order valence-corrected chi connectivity index (χ0v) is 13.1. The van der Waals surface area contributed by atoms with Gasteiger partial charge in [0, 0.05) is 30.7 Å². The van der Waals surface area contributed by atoms with Gasteiger partial charge in [0.15, 0.2) is 5.76 Å². The average molecular weight is 281 g/mol. The molecule has 1 saturated heterocycles. The Morgan fingerprint density at radius 2 is 2.25 bits per heavy atom. The summed E-state index contributed by atoms with van der Waals surface area (Å²) in [4.78, 5) is 2.42. The summed E-state index contributed by atoms with van der Waals surface area (Å²) in [5, 5.41) is 7.56. The van der Waals surface area contributed by atoms with Crippen LogP contribution in [0.4, 0.5) is 0 Å². The van der Waals surface area contributed by atoms with Crippen molar-refractivity contribution in [3.05, 3.63) is 17.5 Å². The van der Waals surface area contributed by atoms with Gasteiger partial charge in [0.1, 0.15) is 0 Å². The highest BCUT2D eigenvalue weighted by molar-refractivity contribution is 5.06. The molecule has 20 heavy (non-hydrogen) atoms. The van der Waals surface area contributed by atoms with Crippen molar-refractivity contribution in [3.63, 3.8) is 0 Å². The van der Waals surface area contributed by atoms with Gasteiger partial charge in [0.05, 0.1) is 25.5 Å². The molecular weight excluding hydrogens is 254 g/mol. The molecular formula is C15H27N3O2. The van der Waals surface area contributed by atoms with Crippen LogP contribution in [0.2, 0.25) is 0 Å². The largest absolute Gasteiger partial charge is 0.378 e. The lowest BCUT2D eigenvalue weighted by atomic mass is 10.1. The van der Waals surface area contributed by atoms with E-state index in [1.165, 1.54) is 0 Å². The van der Waals surface area contributed by atoms with Crippen molar-refractivity contribution in [1.82, 2.24) is 15.4 Å². The van der Waals surface area contributed by atoms with Gasteiger partial charge in [-0.3, -0.25) is 4.90 Å². The Balaban J connectivity index is 1.88. The van der Waals surface area contributed by atoms with Gasteiger partial charge >= 0.3 is 0 Å². The number of morpholine rings is 1. The van der Waals surface area contributed by atoms with E-state index in [9.17, 15) is 0 Å². The first-order valence-electron chi connectivity index (χ1n) is 7.49. The Bertz CT molecular complexity index is 411. The Labute approximate surface area is 121 Å². The van der Waals surface area contributed by atoms with Crippen molar-refractivity contribution >= 4 is 0 Å². The van der Waals surface area contributed by atoms with Crippen LogP contribution in [0.1, 0.15) is 45.6 Å². The van der Waals surface area contributed by atoms with Crippen LogP contribution in [-0.4, -0.2) is 41.4 Å². The van der Waals surface area contributed by atoms with Crippen molar-refractivity contribution in [2.45, 2.75) is 58.8 Å². The lowest BCUT2D eigenvalue weighted by molar-refractivity contribution is -0.0160. The van der Waals surface area contributed by atoms with Gasteiger partial charge in [0.25, 0.3) is 0 Å². The Kier molecular flexibility index (Phi) is 5.18. The molecule has 2 rings (SSSR count). The van der Waals surface area contributed by atoms with Crippen LogP contribution in [0.25, 0.3) is 0 Å². The van der Waals surface area contributed by atoms with Gasteiger partial charge in [-0.05, 0) is 27.2 Å². The molecule has 5 nitrogen and oxygen atoms in total. The first kappa shape index (κ1) is 15.5. The second-order valence-corrected chi connectivity index (χ2v) is 6.50. The number of hydrogen-bond acceptors (Lipinski definition) is 5. The van der Waals surface area contributed by atoms with Crippen molar-refractivity contribution in [3.8, 4) is 0 Å². The number of ether oxygens (including phenoxy) is 1. The molecule has 1 aromatic heterocycles. The first-order chi connectivity index (χ1) is 9.48. The van der Waals surface area contributed by atoms with Crippen LogP contribution in [0.15, 0.2) is 10.6 Å². The summed E-state index contributed by atoms with van der Waals surface area (Å²) in [5.74, 6) is 0.941. The number of aromatic nitrogens is 1. The zero-order chi connectivity index (χ0) is 14.6. The maximum absolute atomic E-state index is 5.52. The topological polar surface area (TPSA) is 50.5 Å². The van der Waals surface area contributed by atoms with Crippen molar-refractivity contribution in [1.29, 1.82) is 0 Å². The van der Waals surface area contributed by atoms with Crippen molar-refractivity contribution < 1.29 is 9.26 Å². The van der Waals surface area contributed by atoms with E-state index in [1.54, 1.807) is 0 Å². The molecule has 1 unspecified atom stereocenters. The van der Waals surface area contributed by atoms with Crippen LogP contribution in [0.5, 0.6) is 0 Å². The molecule has 0 saturated carbocycles. The lowest BCUT2D eigenvalue weighted by Gasteiger charge is -2.34. The average Bonchev–Trinajstić information content (AvgIpc) is 2.84. The molecule has 1 aromatic rings. The quantitative estimate of drug-likeness (QED) is 0.896. The van der Waals surface area contributed by atoms with E-state index in [0.29, 0.717) is 6.04 Å². The third-order valence-electron chi connectivity index (χ3n) is 3.59. The minimum Gasteiger partial charge on any atom is -0.378 e. The molecule has 0 amide bonds. The van der Waals surface area contributed by atoms with E-state index >= 15 is 0 Å². The summed E-state index contributed by atoms with van der Waals surface area (Å²) < 4.78 is 11.0. The third-order valence-corrected chi connectivity index (χ3v) is 3.59. The van der Waals surface area contributed by atoms with E-state index in [2.05, 4.69) is 49.1 Å². The number of hydrogen-bond donors (Lipinski definition) is 1. The second-order valence-electron chi connectivity index (χ2n) is 6.50. The lowest BCUT2D eigenvalue weighted by Crippen LogP contribution is -2.44. The zero-order valence-electron chi connectivity index (χ0n) is 13.1. The highest BCUT2D eigenvalue weighted by Crippen LogP contribution is 2.15. The van der Waals surface area contributed by atoms with E-state index in [0.717, 1.165) is 50.7 Å². The van der Waals surface area contributed by atoms with Crippen LogP contribution in [0, 0.1) is 0 Å². The summed E-state index contributed by atoms with van der Waals surface area (Å²) in [6.45, 7) is 12.8. The van der Waals surface area contributed by atoms with Gasteiger partial charge in [-0.15, -0.1) is 0 Å². The molecule has 5 heteroatoms. The molecule has 0 aromatic carbocycles. The Morgan fingerprint density at radius 1 is 1.45 bits per heavy atom. The fourth-order valence-electron chi connectivity index (χ4n) is 2.34. The Morgan fingerprint density at radius 3 is 2.95 bits per heavy atom. The van der Waals surface area contributed by atoms with E-state index in [-0.39, 0.29) is 5.54 Å². The minimum atomic E-state index is 0.0939. The van der Waals surface area contributed by atoms with E-state index in [4.69, 9.17) is 9.26 Å². The van der Waals surface area contributed by atoms with Gasteiger partial charge < -0.3 is 14.6 Å². The summed E-state index contributed by atoms with van der Waals surface area (Å²) in [6.07, 6.45) is 1.10. The van der Waals surface area contributed by atoms with Crippen LogP contribution >= 0.6 is 0 Å². The molecule has 1 aliphatic rings. The molecule has 1 aliphatic heterocycles. The van der Waals surface area contributed by atoms with Crippen LogP contribution in [0.3, 0.4) is 0 Å². The van der Waals surface area contributed by atoms with Crippen molar-refractivity contribution in [2.75, 3.05) is 19.8 Å². The third kappa shape index (κ3) is 4.58. The van der Waals surface area contributed by atoms with Crippen molar-refractivity contribution in [2.24, 2.45) is 0 Å². The smallest absolute Gasteiger partial charge is 0.151 e. The van der Waals surface area contributed by atoms with Crippen LogP contribution in [-0.2, 0) is 17.8 Å². The fraction of sp³-hybridized carbons (Fsp3) is 0.800. The Hall–Kier alpha value is -0.910. The number of nitrogens with zero attached hydrogens (tertiary/aromatic N) is 2. The maximum atomic E-state index is 5.52. The molecule has 1 atom stereocenters. The molecule has 0 spiro atoms. The molecule has 0 radical (unpaired) electrons. The van der Waals surface area contributed by atoms with Gasteiger partial charge in [-0.2, -0.15) is 0 Å². The van der Waals surface area contributed by atoms with Crippen LogP contribution < -0.4 is 5.32 Å². The van der Waals surface area contributed by atoms with E-state index in [1.807, 2.05) is 0 Å². The molecule has 1 N–H and O–H groups in total. The van der Waals surface area contributed by atoms with E-state index < -0.39 is 0 Å². The molecule has 2 heterocycles. The molecule has 1 fully saturated rings. The summed E-state index contributed by atoms with van der Waals surface area (Å²) in [7, 11) is 0. The highest BCUT2D eigenvalue weighted by atomic mass is 16.5. The summed E-state index contributed by atoms with van der Waals surface area (Å²) in [5.41, 5.74) is 1.06. The first-order valence-corrected chi connectivity index (χ1v) is 7.49. The fourth-order valence-corrected chi connectivity index (χ4v) is 2.34. The predicted molar refractivity (Wildman–Crippen MR) is 78.4 cm³/mol. The maximum Gasteiger partial charge on any atom is 0.151 e. The highest BCUT2D eigenvalue weighted by Gasteiger charge is 2.22. The molecule has 114 valence electrons. The van der Waals surface area contributed by atoms with Gasteiger partial charge in [-0.25, -0.2) is 0 Å². The summed E-state index contributed by atoms with van der Waals surface area (Å²) >= 11 is 0. The molecule has 0 bridgehead atoms. The standard InChI is InChI=1S/C15H27N3O2/c1-5-13-11-19-7-6-18(13)10-14-8-12(17-20-14)9-16-15(2,3)4/h8,13,16H,5-7,9-11H2,1-4H3. The predicted octanol–water partition coefficient (Wildman–Crippen LogP) is 2.17. The molecule has 0 aliphatic carbocycles.